The molecule has 0 bridgehead atoms. The molecule has 0 saturated carbocycles. The molecule has 0 heterocycles. The van der Waals surface area contributed by atoms with Gasteiger partial charge in [0.2, 0.25) is 0 Å². The molecule has 0 spiro atoms. The van der Waals surface area contributed by atoms with Crippen LogP contribution in [-0.4, -0.2) is 38.4 Å². The third kappa shape index (κ3) is 3.73. The van der Waals surface area contributed by atoms with Crippen LogP contribution in [0.2, 0.25) is 0 Å². The molecule has 138 valence electrons. The number of esters is 1. The number of allylic oxidation sites excluding steroid dienone is 1. The van der Waals surface area contributed by atoms with E-state index in [1.54, 1.807) is 42.5 Å². The van der Waals surface area contributed by atoms with Gasteiger partial charge in [-0.2, -0.15) is 0 Å². The Labute approximate surface area is 169 Å². The molecule has 0 fully saturated rings. The zero-order chi connectivity index (χ0) is 19.6. The van der Waals surface area contributed by atoms with Crippen LogP contribution in [0.1, 0.15) is 26.3 Å². The van der Waals surface area contributed by atoms with Crippen molar-refractivity contribution < 1.29 is 28.6 Å². The van der Waals surface area contributed by atoms with Gasteiger partial charge in [0.05, 0.1) is 23.4 Å². The first-order valence-electron chi connectivity index (χ1n) is 7.93. The van der Waals surface area contributed by atoms with E-state index in [2.05, 4.69) is 4.74 Å². The molecule has 0 aromatic heterocycles. The predicted octanol–water partition coefficient (Wildman–Crippen LogP) is 3.31. The van der Waals surface area contributed by atoms with Gasteiger partial charge in [-0.3, -0.25) is 9.59 Å². The minimum absolute atomic E-state index is 0.109. The number of carbonyl (C=O) groups is 3. The van der Waals surface area contributed by atoms with Crippen molar-refractivity contribution in [3.8, 4) is 11.5 Å². The molecule has 2 aromatic carbocycles. The monoisotopic (exact) mass is 478 g/mol. The minimum atomic E-state index is -0.515. The highest BCUT2D eigenvalue weighted by Gasteiger charge is 2.32. The summed E-state index contributed by atoms with van der Waals surface area (Å²) in [7, 11) is 2.74. The number of hydrogen-bond acceptors (Lipinski definition) is 6. The molecule has 1 aliphatic carbocycles. The van der Waals surface area contributed by atoms with Gasteiger partial charge in [0.1, 0.15) is 0 Å². The van der Waals surface area contributed by atoms with Crippen LogP contribution in [0.3, 0.4) is 0 Å². The number of ketones is 2. The summed E-state index contributed by atoms with van der Waals surface area (Å²) in [4.78, 5) is 36.4. The topological polar surface area (TPSA) is 78.9 Å². The highest BCUT2D eigenvalue weighted by atomic mass is 127. The lowest BCUT2D eigenvalue weighted by molar-refractivity contribution is -0.142. The Kier molecular flexibility index (Phi) is 5.59. The second kappa shape index (κ2) is 7.91. The van der Waals surface area contributed by atoms with Crippen LogP contribution in [0.5, 0.6) is 11.5 Å². The zero-order valence-electron chi connectivity index (χ0n) is 14.6. The molecular formula is C20H15IO6. The molecule has 0 radical (unpaired) electrons. The SMILES string of the molecule is COC(=O)COc1c(I)cc(C=C2C(=O)c3ccccc3C2=O)cc1OC. The highest BCUT2D eigenvalue weighted by Crippen LogP contribution is 2.35. The van der Waals surface area contributed by atoms with Crippen LogP contribution in [0.25, 0.3) is 6.08 Å². The first kappa shape index (κ1) is 19.1. The lowest BCUT2D eigenvalue weighted by atomic mass is 10.1. The van der Waals surface area contributed by atoms with Crippen molar-refractivity contribution in [1.82, 2.24) is 0 Å². The molecule has 0 aliphatic heterocycles. The maximum absolute atomic E-state index is 12.5. The molecule has 6 nitrogen and oxygen atoms in total. The van der Waals surface area contributed by atoms with Gasteiger partial charge in [0.25, 0.3) is 0 Å². The van der Waals surface area contributed by atoms with Gasteiger partial charge in [-0.05, 0) is 46.4 Å². The van der Waals surface area contributed by atoms with E-state index >= 15 is 0 Å². The Morgan fingerprint density at radius 3 is 2.26 bits per heavy atom. The van der Waals surface area contributed by atoms with Crippen LogP contribution in [0, 0.1) is 3.57 Å². The normalized spacial score (nSPS) is 12.6. The number of benzene rings is 2. The highest BCUT2D eigenvalue weighted by molar-refractivity contribution is 14.1. The molecule has 0 N–H and O–H groups in total. The van der Waals surface area contributed by atoms with E-state index in [0.29, 0.717) is 31.8 Å². The number of ether oxygens (including phenoxy) is 3. The maximum atomic E-state index is 12.5. The van der Waals surface area contributed by atoms with E-state index in [-0.39, 0.29) is 23.7 Å². The molecule has 0 unspecified atom stereocenters. The number of fused-ring (bicyclic) bond motifs is 1. The first-order valence-corrected chi connectivity index (χ1v) is 9.01. The fourth-order valence-corrected chi connectivity index (χ4v) is 3.50. The molecule has 2 aromatic rings. The first-order chi connectivity index (χ1) is 13.0. The van der Waals surface area contributed by atoms with Crippen molar-refractivity contribution in [1.29, 1.82) is 0 Å². The standard InChI is InChI=1S/C20H15IO6/c1-25-16-9-11(8-15(21)20(16)27-10-17(22)26-2)7-14-18(23)12-5-3-4-6-13(12)19(14)24/h3-9H,10H2,1-2H3. The minimum Gasteiger partial charge on any atom is -0.493 e. The summed E-state index contributed by atoms with van der Waals surface area (Å²) in [5.74, 6) is -0.337. The Balaban J connectivity index is 1.96. The molecule has 7 heteroatoms. The van der Waals surface area contributed by atoms with Crippen LogP contribution in [-0.2, 0) is 9.53 Å². The van der Waals surface area contributed by atoms with Crippen molar-refractivity contribution in [2.45, 2.75) is 0 Å². The van der Waals surface area contributed by atoms with Gasteiger partial charge in [-0.15, -0.1) is 0 Å². The summed E-state index contributed by atoms with van der Waals surface area (Å²) in [5.41, 5.74) is 1.55. The number of carbonyl (C=O) groups excluding carboxylic acids is 3. The molecule has 3 rings (SSSR count). The largest absolute Gasteiger partial charge is 0.493 e. The smallest absolute Gasteiger partial charge is 0.343 e. The maximum Gasteiger partial charge on any atom is 0.343 e. The van der Waals surface area contributed by atoms with Gasteiger partial charge < -0.3 is 14.2 Å². The summed E-state index contributed by atoms with van der Waals surface area (Å²) in [6.45, 7) is -0.254. The molecule has 27 heavy (non-hydrogen) atoms. The van der Waals surface area contributed by atoms with Crippen molar-refractivity contribution in [3.63, 3.8) is 0 Å². The van der Waals surface area contributed by atoms with Gasteiger partial charge in [0, 0.05) is 11.1 Å². The van der Waals surface area contributed by atoms with E-state index in [0.717, 1.165) is 0 Å². The molecule has 0 amide bonds. The van der Waals surface area contributed by atoms with Crippen molar-refractivity contribution in [3.05, 3.63) is 62.2 Å². The van der Waals surface area contributed by atoms with Crippen LogP contribution in [0.4, 0.5) is 0 Å². The molecule has 1 aliphatic rings. The quantitative estimate of drug-likeness (QED) is 0.284. The molecule has 0 atom stereocenters. The zero-order valence-corrected chi connectivity index (χ0v) is 16.7. The summed E-state index contributed by atoms with van der Waals surface area (Å²) in [6, 6.07) is 10.1. The van der Waals surface area contributed by atoms with Gasteiger partial charge in [-0.25, -0.2) is 4.79 Å². The third-order valence-electron chi connectivity index (χ3n) is 4.03. The number of hydrogen-bond donors (Lipinski definition) is 0. The predicted molar refractivity (Wildman–Crippen MR) is 106 cm³/mol. The average Bonchev–Trinajstić information content (AvgIpc) is 2.91. The van der Waals surface area contributed by atoms with E-state index in [9.17, 15) is 14.4 Å². The Bertz CT molecular complexity index is 939. The fraction of sp³-hybridized carbons (Fsp3) is 0.150. The number of rotatable bonds is 5. The summed E-state index contributed by atoms with van der Waals surface area (Å²) in [5, 5.41) is 0. The van der Waals surface area contributed by atoms with Crippen molar-refractivity contribution in [2.24, 2.45) is 0 Å². The summed E-state index contributed by atoms with van der Waals surface area (Å²) < 4.78 is 16.0. The van der Waals surface area contributed by atoms with Crippen LogP contribution in [0.15, 0.2) is 42.0 Å². The Morgan fingerprint density at radius 1 is 1.07 bits per heavy atom. The summed E-state index contributed by atoms with van der Waals surface area (Å²) >= 11 is 2.03. The second-order valence-corrected chi connectivity index (χ2v) is 6.82. The van der Waals surface area contributed by atoms with Gasteiger partial charge >= 0.3 is 5.97 Å². The summed E-state index contributed by atoms with van der Waals surface area (Å²) in [6.07, 6.45) is 1.54. The van der Waals surface area contributed by atoms with Crippen molar-refractivity contribution in [2.75, 3.05) is 20.8 Å². The van der Waals surface area contributed by atoms with Gasteiger partial charge in [0.15, 0.2) is 29.7 Å². The van der Waals surface area contributed by atoms with Gasteiger partial charge in [-0.1, -0.05) is 24.3 Å². The Hall–Kier alpha value is -2.68. The number of Topliss-reactive ketones (excluding diaryl/α,β-unsaturated/α-hetero) is 2. The average molecular weight is 478 g/mol. The lowest BCUT2D eigenvalue weighted by Crippen LogP contribution is -2.13. The second-order valence-electron chi connectivity index (χ2n) is 5.66. The Morgan fingerprint density at radius 2 is 1.70 bits per heavy atom. The lowest BCUT2D eigenvalue weighted by Gasteiger charge is -2.13. The number of methoxy groups -OCH3 is 2. The van der Waals surface area contributed by atoms with E-state index < -0.39 is 5.97 Å². The van der Waals surface area contributed by atoms with Crippen LogP contribution >= 0.6 is 22.6 Å². The third-order valence-corrected chi connectivity index (χ3v) is 4.83. The molecule has 0 saturated heterocycles. The van der Waals surface area contributed by atoms with Crippen molar-refractivity contribution >= 4 is 46.2 Å². The van der Waals surface area contributed by atoms with E-state index in [1.807, 2.05) is 22.6 Å². The molecular weight excluding hydrogens is 463 g/mol. The van der Waals surface area contributed by atoms with E-state index in [1.165, 1.54) is 14.2 Å². The number of halogens is 1. The fourth-order valence-electron chi connectivity index (χ4n) is 2.72. The van der Waals surface area contributed by atoms with E-state index in [4.69, 9.17) is 9.47 Å². The van der Waals surface area contributed by atoms with Crippen LogP contribution < -0.4 is 9.47 Å².